The Balaban J connectivity index is 1.93. The summed E-state index contributed by atoms with van der Waals surface area (Å²) in [7, 11) is 1.89. The van der Waals surface area contributed by atoms with Crippen LogP contribution in [0.5, 0.6) is 0 Å². The van der Waals surface area contributed by atoms with Crippen LogP contribution in [0.15, 0.2) is 17.5 Å². The fraction of sp³-hybridized carbons (Fsp3) is 0.571. The first-order chi connectivity index (χ1) is 9.63. The molecule has 2 unspecified atom stereocenters. The summed E-state index contributed by atoms with van der Waals surface area (Å²) in [6, 6.07) is 3.35. The Hall–Kier alpha value is -1.40. The van der Waals surface area contributed by atoms with E-state index in [4.69, 9.17) is 0 Å². The monoisotopic (exact) mass is 295 g/mol. The van der Waals surface area contributed by atoms with Crippen molar-refractivity contribution in [3.63, 3.8) is 0 Å². The van der Waals surface area contributed by atoms with Crippen molar-refractivity contribution in [1.29, 1.82) is 0 Å². The molecule has 1 aromatic heterocycles. The maximum Gasteiger partial charge on any atom is 0.261 e. The van der Waals surface area contributed by atoms with Gasteiger partial charge in [-0.1, -0.05) is 6.07 Å². The van der Waals surface area contributed by atoms with Gasteiger partial charge in [0.15, 0.2) is 0 Å². The van der Waals surface area contributed by atoms with E-state index in [1.807, 2.05) is 23.4 Å². The minimum absolute atomic E-state index is 0.00709. The van der Waals surface area contributed by atoms with E-state index < -0.39 is 6.04 Å². The van der Waals surface area contributed by atoms with E-state index in [0.717, 1.165) is 25.9 Å². The van der Waals surface area contributed by atoms with Gasteiger partial charge in [0, 0.05) is 19.1 Å². The van der Waals surface area contributed by atoms with Gasteiger partial charge in [-0.3, -0.25) is 9.59 Å². The molecule has 2 atom stereocenters. The third kappa shape index (κ3) is 3.37. The Labute approximate surface area is 123 Å². The van der Waals surface area contributed by atoms with Gasteiger partial charge in [0.2, 0.25) is 5.91 Å². The van der Waals surface area contributed by atoms with E-state index in [0.29, 0.717) is 4.88 Å². The molecule has 2 heterocycles. The highest BCUT2D eigenvalue weighted by atomic mass is 32.1. The zero-order chi connectivity index (χ0) is 14.5. The second-order valence-electron chi connectivity index (χ2n) is 5.06. The summed E-state index contributed by atoms with van der Waals surface area (Å²) in [4.78, 5) is 26.9. The van der Waals surface area contributed by atoms with Crippen LogP contribution in [0.1, 0.15) is 29.4 Å². The molecule has 0 aromatic carbocycles. The van der Waals surface area contributed by atoms with Gasteiger partial charge in [0.05, 0.1) is 4.88 Å². The SMILES string of the molecule is CNCC1CCCN1C(=O)C(C)NC(=O)c1cccs1. The molecule has 1 fully saturated rings. The molecular weight excluding hydrogens is 274 g/mol. The molecule has 0 aliphatic carbocycles. The van der Waals surface area contributed by atoms with Crippen LogP contribution in [0, 0.1) is 0 Å². The minimum atomic E-state index is -0.484. The molecule has 0 saturated carbocycles. The number of likely N-dealkylation sites (N-methyl/N-ethyl adjacent to an activating group) is 1. The summed E-state index contributed by atoms with van der Waals surface area (Å²) >= 11 is 1.38. The Morgan fingerprint density at radius 2 is 2.35 bits per heavy atom. The molecule has 20 heavy (non-hydrogen) atoms. The molecule has 2 rings (SSSR count). The zero-order valence-corrected chi connectivity index (χ0v) is 12.7. The lowest BCUT2D eigenvalue weighted by Gasteiger charge is -2.27. The Bertz CT molecular complexity index is 461. The van der Waals surface area contributed by atoms with Crippen LogP contribution in [0.25, 0.3) is 0 Å². The Morgan fingerprint density at radius 3 is 3.00 bits per heavy atom. The number of thiophene rings is 1. The van der Waals surface area contributed by atoms with Crippen molar-refractivity contribution in [1.82, 2.24) is 15.5 Å². The first-order valence-corrected chi connectivity index (χ1v) is 7.81. The molecule has 0 radical (unpaired) electrons. The van der Waals surface area contributed by atoms with Crippen LogP contribution < -0.4 is 10.6 Å². The van der Waals surface area contributed by atoms with Crippen LogP contribution in [0.2, 0.25) is 0 Å². The van der Waals surface area contributed by atoms with Gasteiger partial charge in [-0.05, 0) is 38.3 Å². The standard InChI is InChI=1S/C14H21N3O2S/c1-10(16-13(18)12-6-4-8-20-12)14(19)17-7-3-5-11(17)9-15-2/h4,6,8,10-11,15H,3,5,7,9H2,1-2H3,(H,16,18). The second kappa shape index (κ2) is 6.85. The average Bonchev–Trinajstić information content (AvgIpc) is 3.09. The van der Waals surface area contributed by atoms with E-state index in [2.05, 4.69) is 10.6 Å². The van der Waals surface area contributed by atoms with Crippen molar-refractivity contribution < 1.29 is 9.59 Å². The lowest BCUT2D eigenvalue weighted by Crippen LogP contribution is -2.50. The molecule has 5 nitrogen and oxygen atoms in total. The second-order valence-corrected chi connectivity index (χ2v) is 6.01. The normalized spacial score (nSPS) is 19.9. The fourth-order valence-corrected chi connectivity index (χ4v) is 3.19. The van der Waals surface area contributed by atoms with Gasteiger partial charge < -0.3 is 15.5 Å². The van der Waals surface area contributed by atoms with E-state index in [1.165, 1.54) is 11.3 Å². The van der Waals surface area contributed by atoms with Crippen molar-refractivity contribution in [2.45, 2.75) is 31.8 Å². The van der Waals surface area contributed by atoms with Crippen molar-refractivity contribution >= 4 is 23.2 Å². The molecule has 110 valence electrons. The molecule has 0 spiro atoms. The van der Waals surface area contributed by atoms with Gasteiger partial charge in [-0.25, -0.2) is 0 Å². The maximum absolute atomic E-state index is 12.4. The number of amides is 2. The molecule has 2 N–H and O–H groups in total. The van der Waals surface area contributed by atoms with Crippen LogP contribution >= 0.6 is 11.3 Å². The lowest BCUT2D eigenvalue weighted by molar-refractivity contribution is -0.133. The van der Waals surface area contributed by atoms with Crippen LogP contribution in [0.4, 0.5) is 0 Å². The topological polar surface area (TPSA) is 61.4 Å². The predicted molar refractivity (Wildman–Crippen MR) is 79.9 cm³/mol. The van der Waals surface area contributed by atoms with Crippen LogP contribution in [-0.4, -0.2) is 48.9 Å². The van der Waals surface area contributed by atoms with Gasteiger partial charge in [0.1, 0.15) is 6.04 Å². The molecule has 0 bridgehead atoms. The smallest absolute Gasteiger partial charge is 0.261 e. The number of nitrogens with zero attached hydrogens (tertiary/aromatic N) is 1. The van der Waals surface area contributed by atoms with E-state index in [-0.39, 0.29) is 17.9 Å². The molecule has 1 aromatic rings. The van der Waals surface area contributed by atoms with Crippen molar-refractivity contribution in [2.75, 3.05) is 20.1 Å². The summed E-state index contributed by atoms with van der Waals surface area (Å²) in [5.74, 6) is -0.169. The number of nitrogens with one attached hydrogen (secondary N) is 2. The Morgan fingerprint density at radius 1 is 1.55 bits per heavy atom. The highest BCUT2D eigenvalue weighted by Crippen LogP contribution is 2.18. The van der Waals surface area contributed by atoms with Crippen molar-refractivity contribution in [3.05, 3.63) is 22.4 Å². The highest BCUT2D eigenvalue weighted by molar-refractivity contribution is 7.12. The molecule has 1 aliphatic heterocycles. The van der Waals surface area contributed by atoms with E-state index in [1.54, 1.807) is 13.0 Å². The number of hydrogen-bond donors (Lipinski definition) is 2. The van der Waals surface area contributed by atoms with Gasteiger partial charge in [-0.15, -0.1) is 11.3 Å². The predicted octanol–water partition coefficient (Wildman–Crippen LogP) is 1.08. The van der Waals surface area contributed by atoms with Crippen molar-refractivity contribution in [3.8, 4) is 0 Å². The number of rotatable bonds is 5. The summed E-state index contributed by atoms with van der Waals surface area (Å²) < 4.78 is 0. The zero-order valence-electron chi connectivity index (χ0n) is 11.9. The number of hydrogen-bond acceptors (Lipinski definition) is 4. The molecule has 2 amide bonds. The molecule has 1 aliphatic rings. The number of carbonyl (C=O) groups is 2. The fourth-order valence-electron chi connectivity index (χ4n) is 2.56. The Kier molecular flexibility index (Phi) is 5.14. The molecule has 6 heteroatoms. The largest absolute Gasteiger partial charge is 0.340 e. The molecule has 1 saturated heterocycles. The minimum Gasteiger partial charge on any atom is -0.340 e. The molecular formula is C14H21N3O2S. The third-order valence-corrected chi connectivity index (χ3v) is 4.43. The summed E-state index contributed by atoms with van der Waals surface area (Å²) in [6.45, 7) is 3.34. The van der Waals surface area contributed by atoms with E-state index in [9.17, 15) is 9.59 Å². The maximum atomic E-state index is 12.4. The van der Waals surface area contributed by atoms with Gasteiger partial charge in [0.25, 0.3) is 5.91 Å². The van der Waals surface area contributed by atoms with Gasteiger partial charge in [-0.2, -0.15) is 0 Å². The summed E-state index contributed by atoms with van der Waals surface area (Å²) in [6.07, 6.45) is 2.06. The third-order valence-electron chi connectivity index (χ3n) is 3.56. The number of likely N-dealkylation sites (tertiary alicyclic amines) is 1. The van der Waals surface area contributed by atoms with Crippen LogP contribution in [-0.2, 0) is 4.79 Å². The lowest BCUT2D eigenvalue weighted by atomic mass is 10.2. The van der Waals surface area contributed by atoms with Gasteiger partial charge >= 0.3 is 0 Å². The van der Waals surface area contributed by atoms with E-state index >= 15 is 0 Å². The summed E-state index contributed by atoms with van der Waals surface area (Å²) in [5, 5.41) is 7.75. The quantitative estimate of drug-likeness (QED) is 0.854. The number of carbonyl (C=O) groups excluding carboxylic acids is 2. The summed E-state index contributed by atoms with van der Waals surface area (Å²) in [5.41, 5.74) is 0. The first-order valence-electron chi connectivity index (χ1n) is 6.93. The average molecular weight is 295 g/mol. The van der Waals surface area contributed by atoms with Crippen molar-refractivity contribution in [2.24, 2.45) is 0 Å². The first kappa shape index (κ1) is 15.0. The van der Waals surface area contributed by atoms with Crippen LogP contribution in [0.3, 0.4) is 0 Å². The highest BCUT2D eigenvalue weighted by Gasteiger charge is 2.31.